The van der Waals surface area contributed by atoms with Gasteiger partial charge in [-0.25, -0.2) is 9.78 Å². The summed E-state index contributed by atoms with van der Waals surface area (Å²) in [6.45, 7) is 1.98. The molecule has 0 fully saturated rings. The molecule has 0 aliphatic carbocycles. The summed E-state index contributed by atoms with van der Waals surface area (Å²) in [7, 11) is 1.86. The van der Waals surface area contributed by atoms with Crippen LogP contribution in [0, 0.1) is 0 Å². The van der Waals surface area contributed by atoms with Crippen molar-refractivity contribution in [3.63, 3.8) is 0 Å². The first kappa shape index (κ1) is 20.4. The zero-order valence-corrected chi connectivity index (χ0v) is 16.8. The Kier molecular flexibility index (Phi) is 6.51. The van der Waals surface area contributed by atoms with Crippen molar-refractivity contribution in [2.45, 2.75) is 13.0 Å². The number of halogens is 1. The highest BCUT2D eigenvalue weighted by Gasteiger charge is 2.21. The quantitative estimate of drug-likeness (QED) is 0.636. The fourth-order valence-electron chi connectivity index (χ4n) is 2.85. The van der Waals surface area contributed by atoms with Crippen LogP contribution in [0.1, 0.15) is 34.7 Å². The van der Waals surface area contributed by atoms with Gasteiger partial charge in [-0.1, -0.05) is 29.8 Å². The Bertz CT molecular complexity index is 1000. The molecule has 0 bridgehead atoms. The van der Waals surface area contributed by atoms with E-state index in [9.17, 15) is 9.59 Å². The van der Waals surface area contributed by atoms with Crippen LogP contribution in [0.15, 0.2) is 60.9 Å². The van der Waals surface area contributed by atoms with Crippen LogP contribution in [0.2, 0.25) is 5.02 Å². The molecule has 0 saturated heterocycles. The Morgan fingerprint density at radius 1 is 1.21 bits per heavy atom. The van der Waals surface area contributed by atoms with Gasteiger partial charge in [0.1, 0.15) is 11.9 Å². The second-order valence-corrected chi connectivity index (χ2v) is 6.72. The van der Waals surface area contributed by atoms with E-state index in [1.54, 1.807) is 49.5 Å². The third kappa shape index (κ3) is 5.14. The van der Waals surface area contributed by atoms with Gasteiger partial charge in [-0.2, -0.15) is 0 Å². The molecule has 8 heteroatoms. The van der Waals surface area contributed by atoms with Gasteiger partial charge in [-0.05, 0) is 42.8 Å². The van der Waals surface area contributed by atoms with E-state index in [4.69, 9.17) is 16.3 Å². The number of anilines is 1. The average Bonchev–Trinajstić information content (AvgIpc) is 3.13. The molecule has 0 saturated carbocycles. The van der Waals surface area contributed by atoms with Crippen LogP contribution in [0.4, 0.5) is 10.5 Å². The summed E-state index contributed by atoms with van der Waals surface area (Å²) in [4.78, 5) is 28.9. The van der Waals surface area contributed by atoms with E-state index in [0.717, 1.165) is 5.56 Å². The van der Waals surface area contributed by atoms with Crippen molar-refractivity contribution < 1.29 is 14.3 Å². The third-order valence-corrected chi connectivity index (χ3v) is 4.49. The smallest absolute Gasteiger partial charge is 0.411 e. The van der Waals surface area contributed by atoms with E-state index in [1.165, 1.54) is 0 Å². The number of carbonyl (C=O) groups is 2. The molecule has 150 valence electrons. The van der Waals surface area contributed by atoms with E-state index in [2.05, 4.69) is 15.6 Å². The lowest BCUT2D eigenvalue weighted by Gasteiger charge is -2.19. The first-order chi connectivity index (χ1) is 14.0. The first-order valence-electron chi connectivity index (χ1n) is 9.05. The van der Waals surface area contributed by atoms with Crippen LogP contribution in [0.5, 0.6) is 0 Å². The first-order valence-corrected chi connectivity index (χ1v) is 9.43. The number of carbonyl (C=O) groups excluding carboxylic acids is 2. The molecule has 0 aliphatic heterocycles. The van der Waals surface area contributed by atoms with Gasteiger partial charge in [-0.3, -0.25) is 10.1 Å². The maximum absolute atomic E-state index is 12.9. The second kappa shape index (κ2) is 9.25. The van der Waals surface area contributed by atoms with Crippen LogP contribution < -0.4 is 10.6 Å². The number of imidazole rings is 1. The van der Waals surface area contributed by atoms with Crippen molar-refractivity contribution in [1.29, 1.82) is 0 Å². The minimum Gasteiger partial charge on any atom is -0.450 e. The molecule has 0 radical (unpaired) electrons. The molecule has 29 heavy (non-hydrogen) atoms. The molecular weight excluding hydrogens is 392 g/mol. The number of aromatic nitrogens is 2. The van der Waals surface area contributed by atoms with Crippen molar-refractivity contribution >= 4 is 29.3 Å². The molecule has 3 rings (SSSR count). The van der Waals surface area contributed by atoms with Gasteiger partial charge in [-0.15, -0.1) is 0 Å². The number of hydrogen-bond donors (Lipinski definition) is 2. The minimum atomic E-state index is -0.572. The standard InChI is InChI=1S/C21H21ClN4O3/c1-3-29-21(28)24-17-6-4-5-15(13-17)20(27)25-18(19-23-11-12-26(19)2)14-7-9-16(22)10-8-14/h4-13,18H,3H2,1-2H3,(H,24,28)(H,25,27)/t18-/m0/s1. The predicted octanol–water partition coefficient (Wildman–Crippen LogP) is 4.16. The van der Waals surface area contributed by atoms with Gasteiger partial charge in [0, 0.05) is 35.7 Å². The molecule has 2 N–H and O–H groups in total. The maximum atomic E-state index is 12.9. The highest BCUT2D eigenvalue weighted by atomic mass is 35.5. The molecular formula is C21H21ClN4O3. The Hall–Kier alpha value is -3.32. The van der Waals surface area contributed by atoms with E-state index in [1.807, 2.05) is 29.9 Å². The van der Waals surface area contributed by atoms with Crippen molar-refractivity contribution in [3.05, 3.63) is 82.9 Å². The SMILES string of the molecule is CCOC(=O)Nc1cccc(C(=O)N[C@@H](c2ccc(Cl)cc2)c2nccn2C)c1. The van der Waals surface area contributed by atoms with E-state index in [-0.39, 0.29) is 12.5 Å². The molecule has 0 aliphatic rings. The Morgan fingerprint density at radius 3 is 2.62 bits per heavy atom. The van der Waals surface area contributed by atoms with Gasteiger partial charge >= 0.3 is 6.09 Å². The van der Waals surface area contributed by atoms with Gasteiger partial charge in [0.2, 0.25) is 0 Å². The molecule has 2 aromatic carbocycles. The normalized spacial score (nSPS) is 11.6. The number of benzene rings is 2. The molecule has 3 aromatic rings. The Morgan fingerprint density at radius 2 is 1.97 bits per heavy atom. The number of hydrogen-bond acceptors (Lipinski definition) is 4. The average molecular weight is 413 g/mol. The highest BCUT2D eigenvalue weighted by molar-refractivity contribution is 6.30. The largest absolute Gasteiger partial charge is 0.450 e. The fourth-order valence-corrected chi connectivity index (χ4v) is 2.97. The molecule has 7 nitrogen and oxygen atoms in total. The van der Waals surface area contributed by atoms with Crippen LogP contribution >= 0.6 is 11.6 Å². The molecule has 1 atom stereocenters. The summed E-state index contributed by atoms with van der Waals surface area (Å²) in [5.41, 5.74) is 1.71. The van der Waals surface area contributed by atoms with Crippen molar-refractivity contribution in [1.82, 2.24) is 14.9 Å². The summed E-state index contributed by atoms with van der Waals surface area (Å²) >= 11 is 6.00. The second-order valence-electron chi connectivity index (χ2n) is 6.28. The number of nitrogens with zero attached hydrogens (tertiary/aromatic N) is 2. The Labute approximate surface area is 173 Å². The zero-order valence-electron chi connectivity index (χ0n) is 16.1. The zero-order chi connectivity index (χ0) is 20.8. The van der Waals surface area contributed by atoms with Crippen molar-refractivity contribution in [3.8, 4) is 0 Å². The van der Waals surface area contributed by atoms with Crippen molar-refractivity contribution in [2.24, 2.45) is 7.05 Å². The molecule has 1 aromatic heterocycles. The summed E-state index contributed by atoms with van der Waals surface area (Å²) in [6, 6.07) is 13.4. The summed E-state index contributed by atoms with van der Waals surface area (Å²) in [5.74, 6) is 0.377. The monoisotopic (exact) mass is 412 g/mol. The number of nitrogens with one attached hydrogen (secondary N) is 2. The van der Waals surface area contributed by atoms with E-state index in [0.29, 0.717) is 22.1 Å². The van der Waals surface area contributed by atoms with E-state index < -0.39 is 12.1 Å². The van der Waals surface area contributed by atoms with Gasteiger partial charge in [0.05, 0.1) is 6.61 Å². The predicted molar refractivity (Wildman–Crippen MR) is 111 cm³/mol. The number of amides is 2. The van der Waals surface area contributed by atoms with Gasteiger partial charge < -0.3 is 14.6 Å². The highest BCUT2D eigenvalue weighted by Crippen LogP contribution is 2.23. The molecule has 0 spiro atoms. The third-order valence-electron chi connectivity index (χ3n) is 4.24. The van der Waals surface area contributed by atoms with Crippen LogP contribution in [0.25, 0.3) is 0 Å². The summed E-state index contributed by atoms with van der Waals surface area (Å²) in [6.07, 6.45) is 2.92. The van der Waals surface area contributed by atoms with Gasteiger partial charge in [0.15, 0.2) is 0 Å². The Balaban J connectivity index is 1.84. The van der Waals surface area contributed by atoms with Crippen LogP contribution in [-0.2, 0) is 11.8 Å². The number of rotatable bonds is 6. The molecule has 2 amide bonds. The summed E-state index contributed by atoms with van der Waals surface area (Å²) < 4.78 is 6.71. The molecule has 1 heterocycles. The summed E-state index contributed by atoms with van der Waals surface area (Å²) in [5, 5.41) is 6.21. The topological polar surface area (TPSA) is 85.2 Å². The van der Waals surface area contributed by atoms with Crippen LogP contribution in [0.3, 0.4) is 0 Å². The lowest BCUT2D eigenvalue weighted by atomic mass is 10.1. The fraction of sp³-hybridized carbons (Fsp3) is 0.190. The van der Waals surface area contributed by atoms with Crippen LogP contribution in [-0.4, -0.2) is 28.2 Å². The molecule has 0 unspecified atom stereocenters. The minimum absolute atomic E-state index is 0.262. The number of aryl methyl sites for hydroxylation is 1. The maximum Gasteiger partial charge on any atom is 0.411 e. The van der Waals surface area contributed by atoms with Gasteiger partial charge in [0.25, 0.3) is 5.91 Å². The lowest BCUT2D eigenvalue weighted by Crippen LogP contribution is -2.31. The lowest BCUT2D eigenvalue weighted by molar-refractivity contribution is 0.0941. The number of ether oxygens (including phenoxy) is 1. The van der Waals surface area contributed by atoms with E-state index >= 15 is 0 Å². The van der Waals surface area contributed by atoms with Crippen molar-refractivity contribution in [2.75, 3.05) is 11.9 Å².